The van der Waals surface area contributed by atoms with Gasteiger partial charge in [-0.1, -0.05) is 0 Å². The van der Waals surface area contributed by atoms with Crippen LogP contribution in [0.2, 0.25) is 0 Å². The van der Waals surface area contributed by atoms with Crippen molar-refractivity contribution in [2.75, 3.05) is 18.4 Å². The first-order valence-electron chi connectivity index (χ1n) is 6.25. The van der Waals surface area contributed by atoms with Gasteiger partial charge in [-0.3, -0.25) is 10.1 Å². The summed E-state index contributed by atoms with van der Waals surface area (Å²) in [6, 6.07) is 2.07. The summed E-state index contributed by atoms with van der Waals surface area (Å²) in [6.45, 7) is 3.58. The molecule has 98 valence electrons. The van der Waals surface area contributed by atoms with Crippen LogP contribution < -0.4 is 10.6 Å². The van der Waals surface area contributed by atoms with Crippen LogP contribution in [0.15, 0.2) is 12.3 Å². The van der Waals surface area contributed by atoms with Crippen molar-refractivity contribution in [1.29, 1.82) is 0 Å². The molecule has 1 aliphatic heterocycles. The van der Waals surface area contributed by atoms with E-state index in [9.17, 15) is 10.1 Å². The summed E-state index contributed by atoms with van der Waals surface area (Å²) in [7, 11) is 0. The van der Waals surface area contributed by atoms with Gasteiger partial charge in [0.25, 0.3) is 0 Å². The van der Waals surface area contributed by atoms with Crippen LogP contribution in [0.1, 0.15) is 24.8 Å². The van der Waals surface area contributed by atoms with Gasteiger partial charge >= 0.3 is 5.69 Å². The number of anilines is 1. The molecule has 1 atom stereocenters. The van der Waals surface area contributed by atoms with Crippen molar-refractivity contribution in [2.45, 2.75) is 32.2 Å². The molecule has 0 spiro atoms. The molecule has 1 aromatic heterocycles. The van der Waals surface area contributed by atoms with E-state index in [2.05, 4.69) is 15.6 Å². The summed E-state index contributed by atoms with van der Waals surface area (Å²) in [5, 5.41) is 17.4. The van der Waals surface area contributed by atoms with Crippen LogP contribution in [-0.2, 0) is 0 Å². The zero-order chi connectivity index (χ0) is 13.0. The lowest BCUT2D eigenvalue weighted by molar-refractivity contribution is -0.384. The fourth-order valence-electron chi connectivity index (χ4n) is 2.20. The van der Waals surface area contributed by atoms with Crippen LogP contribution in [0.3, 0.4) is 0 Å². The third-order valence-corrected chi connectivity index (χ3v) is 3.15. The second-order valence-electron chi connectivity index (χ2n) is 4.65. The Morgan fingerprint density at radius 1 is 1.67 bits per heavy atom. The summed E-state index contributed by atoms with van der Waals surface area (Å²) in [5.74, 6) is 0.364. The molecule has 0 bridgehead atoms. The summed E-state index contributed by atoms with van der Waals surface area (Å²) >= 11 is 0. The fraction of sp³-hybridized carbons (Fsp3) is 0.583. The van der Waals surface area contributed by atoms with Gasteiger partial charge in [0.1, 0.15) is 0 Å². The van der Waals surface area contributed by atoms with Crippen molar-refractivity contribution in [3.8, 4) is 0 Å². The van der Waals surface area contributed by atoms with Crippen LogP contribution in [-0.4, -0.2) is 29.0 Å². The van der Waals surface area contributed by atoms with Gasteiger partial charge in [-0.05, 0) is 38.3 Å². The smallest absolute Gasteiger partial charge is 0.311 e. The van der Waals surface area contributed by atoms with E-state index in [1.54, 1.807) is 19.2 Å². The maximum atomic E-state index is 10.9. The van der Waals surface area contributed by atoms with Crippen molar-refractivity contribution in [2.24, 2.45) is 0 Å². The third kappa shape index (κ3) is 3.16. The molecule has 0 amide bonds. The molecule has 18 heavy (non-hydrogen) atoms. The van der Waals surface area contributed by atoms with Gasteiger partial charge in [0.15, 0.2) is 0 Å². The number of nitrogens with zero attached hydrogens (tertiary/aromatic N) is 2. The van der Waals surface area contributed by atoms with E-state index in [0.29, 0.717) is 18.4 Å². The standard InChI is InChI=1S/C12H18N4O2/c1-9-7-11(16(17)18)12(15-8-9)14-6-4-10-3-2-5-13-10/h7-8,10,13H,2-6H2,1H3,(H,14,15). The van der Waals surface area contributed by atoms with E-state index >= 15 is 0 Å². The predicted octanol–water partition coefficient (Wildman–Crippen LogP) is 1.85. The van der Waals surface area contributed by atoms with Gasteiger partial charge in [-0.25, -0.2) is 4.98 Å². The summed E-state index contributed by atoms with van der Waals surface area (Å²) in [4.78, 5) is 14.6. The number of nitrogens with one attached hydrogen (secondary N) is 2. The van der Waals surface area contributed by atoms with Crippen LogP contribution in [0, 0.1) is 17.0 Å². The summed E-state index contributed by atoms with van der Waals surface area (Å²) in [6.07, 6.45) is 5.01. The van der Waals surface area contributed by atoms with Crippen LogP contribution in [0.25, 0.3) is 0 Å². The van der Waals surface area contributed by atoms with E-state index in [0.717, 1.165) is 18.5 Å². The lowest BCUT2D eigenvalue weighted by Gasteiger charge is -2.11. The number of rotatable bonds is 5. The Kier molecular flexibility index (Phi) is 4.09. The maximum absolute atomic E-state index is 10.9. The first-order valence-corrected chi connectivity index (χ1v) is 6.25. The number of aryl methyl sites for hydroxylation is 1. The highest BCUT2D eigenvalue weighted by Crippen LogP contribution is 2.22. The molecule has 0 radical (unpaired) electrons. The van der Waals surface area contributed by atoms with Gasteiger partial charge in [0, 0.05) is 24.8 Å². The lowest BCUT2D eigenvalue weighted by Crippen LogP contribution is -2.24. The van der Waals surface area contributed by atoms with Gasteiger partial charge < -0.3 is 10.6 Å². The number of pyridine rings is 1. The zero-order valence-corrected chi connectivity index (χ0v) is 10.5. The minimum Gasteiger partial charge on any atom is -0.364 e. The molecule has 6 nitrogen and oxygen atoms in total. The zero-order valence-electron chi connectivity index (χ0n) is 10.5. The average molecular weight is 250 g/mol. The maximum Gasteiger partial charge on any atom is 0.311 e. The SMILES string of the molecule is Cc1cnc(NCCC2CCCN2)c([N+](=O)[O-])c1. The first-order chi connectivity index (χ1) is 8.66. The Labute approximate surface area is 106 Å². The van der Waals surface area contributed by atoms with Crippen molar-refractivity contribution in [1.82, 2.24) is 10.3 Å². The van der Waals surface area contributed by atoms with E-state index in [4.69, 9.17) is 0 Å². The van der Waals surface area contributed by atoms with Crippen molar-refractivity contribution in [3.63, 3.8) is 0 Å². The predicted molar refractivity (Wildman–Crippen MR) is 69.8 cm³/mol. The Bertz CT molecular complexity index is 430. The number of aromatic nitrogens is 1. The monoisotopic (exact) mass is 250 g/mol. The molecular weight excluding hydrogens is 232 g/mol. The number of hydrogen-bond donors (Lipinski definition) is 2. The van der Waals surface area contributed by atoms with Crippen molar-refractivity contribution >= 4 is 11.5 Å². The second-order valence-corrected chi connectivity index (χ2v) is 4.65. The Hall–Kier alpha value is -1.69. The van der Waals surface area contributed by atoms with Crippen LogP contribution in [0.4, 0.5) is 11.5 Å². The minimum absolute atomic E-state index is 0.0504. The number of hydrogen-bond acceptors (Lipinski definition) is 5. The molecule has 1 aromatic rings. The Morgan fingerprint density at radius 3 is 3.17 bits per heavy atom. The normalized spacial score (nSPS) is 18.8. The molecule has 0 aromatic carbocycles. The fourth-order valence-corrected chi connectivity index (χ4v) is 2.20. The van der Waals surface area contributed by atoms with Gasteiger partial charge in [0.2, 0.25) is 5.82 Å². The Morgan fingerprint density at radius 2 is 2.50 bits per heavy atom. The van der Waals surface area contributed by atoms with Crippen LogP contribution >= 0.6 is 0 Å². The van der Waals surface area contributed by atoms with Crippen molar-refractivity contribution < 1.29 is 4.92 Å². The second kappa shape index (κ2) is 5.77. The third-order valence-electron chi connectivity index (χ3n) is 3.15. The molecule has 0 aliphatic carbocycles. The summed E-state index contributed by atoms with van der Waals surface area (Å²) < 4.78 is 0. The quantitative estimate of drug-likeness (QED) is 0.615. The first kappa shape index (κ1) is 12.8. The molecule has 2 rings (SSSR count). The molecule has 6 heteroatoms. The van der Waals surface area contributed by atoms with Gasteiger partial charge in [-0.15, -0.1) is 0 Å². The van der Waals surface area contributed by atoms with E-state index in [1.807, 2.05) is 0 Å². The molecule has 1 fully saturated rings. The Balaban J connectivity index is 1.93. The highest BCUT2D eigenvalue weighted by atomic mass is 16.6. The van der Waals surface area contributed by atoms with E-state index in [1.165, 1.54) is 12.8 Å². The largest absolute Gasteiger partial charge is 0.364 e. The summed E-state index contributed by atoms with van der Waals surface area (Å²) in [5.41, 5.74) is 0.846. The van der Waals surface area contributed by atoms with E-state index < -0.39 is 4.92 Å². The highest BCUT2D eigenvalue weighted by molar-refractivity contribution is 5.56. The van der Waals surface area contributed by atoms with Crippen molar-refractivity contribution in [3.05, 3.63) is 27.9 Å². The molecule has 1 aliphatic rings. The molecule has 1 saturated heterocycles. The molecule has 1 unspecified atom stereocenters. The number of nitro groups is 1. The molecule has 2 N–H and O–H groups in total. The molecule has 2 heterocycles. The topological polar surface area (TPSA) is 80.1 Å². The average Bonchev–Trinajstić information content (AvgIpc) is 2.84. The van der Waals surface area contributed by atoms with E-state index in [-0.39, 0.29) is 5.69 Å². The minimum atomic E-state index is -0.393. The molecular formula is C12H18N4O2. The molecule has 0 saturated carbocycles. The highest BCUT2D eigenvalue weighted by Gasteiger charge is 2.17. The van der Waals surface area contributed by atoms with Gasteiger partial charge in [-0.2, -0.15) is 0 Å². The lowest BCUT2D eigenvalue weighted by atomic mass is 10.1. The van der Waals surface area contributed by atoms with Crippen LogP contribution in [0.5, 0.6) is 0 Å². The van der Waals surface area contributed by atoms with Gasteiger partial charge in [0.05, 0.1) is 4.92 Å².